The molecule has 1 atom stereocenters. The van der Waals surface area contributed by atoms with E-state index in [0.717, 1.165) is 25.3 Å². The number of nitrogens with one attached hydrogen (secondary N) is 1. The summed E-state index contributed by atoms with van der Waals surface area (Å²) in [6.07, 6.45) is 1.02. The normalized spacial score (nSPS) is 17.4. The van der Waals surface area contributed by atoms with E-state index in [1.54, 1.807) is 0 Å². The van der Waals surface area contributed by atoms with Gasteiger partial charge in [0.15, 0.2) is 0 Å². The van der Waals surface area contributed by atoms with Gasteiger partial charge in [-0.15, -0.1) is 12.4 Å². The molecule has 0 spiro atoms. The fraction of sp³-hybridized carbons (Fsp3) is 0.562. The van der Waals surface area contributed by atoms with Crippen LogP contribution in [0.3, 0.4) is 0 Å². The van der Waals surface area contributed by atoms with E-state index in [4.69, 9.17) is 4.74 Å². The number of carbonyl (C=O) groups is 1. The molecule has 1 fully saturated rings. The molecule has 0 aromatic heterocycles. The molecule has 1 aromatic rings. The molecule has 0 aliphatic carbocycles. The fourth-order valence-corrected chi connectivity index (χ4v) is 2.32. The Balaban J connectivity index is 0.00000220. The minimum absolute atomic E-state index is 0. The Labute approximate surface area is 133 Å². The minimum Gasteiger partial charge on any atom is -0.493 e. The highest BCUT2D eigenvalue weighted by molar-refractivity contribution is 5.94. The van der Waals surface area contributed by atoms with Crippen LogP contribution < -0.4 is 10.1 Å². The Morgan fingerprint density at radius 3 is 2.86 bits per heavy atom. The van der Waals surface area contributed by atoms with Crippen molar-refractivity contribution in [3.8, 4) is 5.75 Å². The van der Waals surface area contributed by atoms with E-state index < -0.39 is 0 Å². The molecule has 0 bridgehead atoms. The van der Waals surface area contributed by atoms with E-state index in [1.165, 1.54) is 0 Å². The van der Waals surface area contributed by atoms with Crippen LogP contribution in [0.2, 0.25) is 0 Å². The van der Waals surface area contributed by atoms with Crippen LogP contribution in [-0.2, 0) is 0 Å². The van der Waals surface area contributed by atoms with Gasteiger partial charge in [-0.3, -0.25) is 4.79 Å². The summed E-state index contributed by atoms with van der Waals surface area (Å²) in [4.78, 5) is 14.3. The lowest BCUT2D eigenvalue weighted by Crippen LogP contribution is -2.38. The van der Waals surface area contributed by atoms with Crippen molar-refractivity contribution in [2.45, 2.75) is 26.3 Å². The van der Waals surface area contributed by atoms with E-state index in [2.05, 4.69) is 19.2 Å². The minimum atomic E-state index is 0. The first kappa shape index (κ1) is 17.8. The second-order valence-corrected chi connectivity index (χ2v) is 5.80. The van der Waals surface area contributed by atoms with Crippen molar-refractivity contribution in [2.75, 3.05) is 26.7 Å². The van der Waals surface area contributed by atoms with E-state index in [-0.39, 0.29) is 18.3 Å². The van der Waals surface area contributed by atoms with E-state index >= 15 is 0 Å². The first-order chi connectivity index (χ1) is 9.58. The zero-order chi connectivity index (χ0) is 14.5. The Morgan fingerprint density at radius 2 is 2.24 bits per heavy atom. The molecule has 5 heteroatoms. The molecule has 0 radical (unpaired) electrons. The van der Waals surface area contributed by atoms with Crippen molar-refractivity contribution in [1.29, 1.82) is 0 Å². The molecule has 1 unspecified atom stereocenters. The van der Waals surface area contributed by atoms with Gasteiger partial charge in [-0.1, -0.05) is 19.9 Å². The highest BCUT2D eigenvalue weighted by Crippen LogP contribution is 2.17. The van der Waals surface area contributed by atoms with Crippen molar-refractivity contribution in [2.24, 2.45) is 5.92 Å². The predicted octanol–water partition coefficient (Wildman–Crippen LogP) is 2.58. The van der Waals surface area contributed by atoms with Crippen LogP contribution in [0.25, 0.3) is 0 Å². The lowest BCUT2D eigenvalue weighted by molar-refractivity contribution is 0.0743. The molecule has 0 saturated carbocycles. The molecule has 1 amide bonds. The molecule has 4 nitrogen and oxygen atoms in total. The maximum atomic E-state index is 12.5. The Kier molecular flexibility index (Phi) is 6.99. The average molecular weight is 313 g/mol. The number of ether oxygens (including phenoxy) is 1. The number of likely N-dealkylation sites (N-methyl/N-ethyl adjacent to an activating group) is 1. The summed E-state index contributed by atoms with van der Waals surface area (Å²) in [6, 6.07) is 7.76. The number of benzene rings is 1. The molecular weight excluding hydrogens is 288 g/mol. The summed E-state index contributed by atoms with van der Waals surface area (Å²) in [6.45, 7) is 6.75. The molecule has 1 heterocycles. The third-order valence-electron chi connectivity index (χ3n) is 3.57. The van der Waals surface area contributed by atoms with Crippen molar-refractivity contribution in [3.05, 3.63) is 29.8 Å². The topological polar surface area (TPSA) is 41.6 Å². The van der Waals surface area contributed by atoms with Crippen LogP contribution in [0.15, 0.2) is 24.3 Å². The van der Waals surface area contributed by atoms with Gasteiger partial charge in [0, 0.05) is 25.2 Å². The van der Waals surface area contributed by atoms with Gasteiger partial charge in [-0.2, -0.15) is 0 Å². The Hall–Kier alpha value is -1.26. The monoisotopic (exact) mass is 312 g/mol. The molecule has 21 heavy (non-hydrogen) atoms. The smallest absolute Gasteiger partial charge is 0.254 e. The zero-order valence-corrected chi connectivity index (χ0v) is 13.8. The highest BCUT2D eigenvalue weighted by Gasteiger charge is 2.24. The SMILES string of the molecule is CC(C)COc1cccc(C(=O)N(C)C2CCNC2)c1.Cl. The molecule has 1 aromatic carbocycles. The second-order valence-electron chi connectivity index (χ2n) is 5.80. The van der Waals surface area contributed by atoms with Crippen molar-refractivity contribution >= 4 is 18.3 Å². The number of halogens is 1. The summed E-state index contributed by atoms with van der Waals surface area (Å²) in [5, 5.41) is 3.29. The van der Waals surface area contributed by atoms with Gasteiger partial charge in [0.05, 0.1) is 6.61 Å². The number of amides is 1. The number of nitrogens with zero attached hydrogens (tertiary/aromatic N) is 1. The summed E-state index contributed by atoms with van der Waals surface area (Å²) >= 11 is 0. The molecule has 118 valence electrons. The van der Waals surface area contributed by atoms with E-state index in [9.17, 15) is 4.79 Å². The summed E-state index contributed by atoms with van der Waals surface area (Å²) < 4.78 is 5.68. The van der Waals surface area contributed by atoms with Gasteiger partial charge in [-0.25, -0.2) is 0 Å². The zero-order valence-electron chi connectivity index (χ0n) is 13.0. The summed E-state index contributed by atoms with van der Waals surface area (Å²) in [7, 11) is 1.88. The van der Waals surface area contributed by atoms with Gasteiger partial charge in [0.1, 0.15) is 5.75 Å². The van der Waals surface area contributed by atoms with Crippen LogP contribution in [0, 0.1) is 5.92 Å². The lowest BCUT2D eigenvalue weighted by atomic mass is 10.1. The largest absolute Gasteiger partial charge is 0.493 e. The van der Waals surface area contributed by atoms with Crippen molar-refractivity contribution < 1.29 is 9.53 Å². The number of rotatable bonds is 5. The third-order valence-corrected chi connectivity index (χ3v) is 3.57. The quantitative estimate of drug-likeness (QED) is 0.908. The molecule has 1 aliphatic heterocycles. The standard InChI is InChI=1S/C16H24N2O2.ClH/c1-12(2)11-20-15-6-4-5-13(9-15)16(19)18(3)14-7-8-17-10-14;/h4-6,9,12,14,17H,7-8,10-11H2,1-3H3;1H. The maximum absolute atomic E-state index is 12.5. The van der Waals surface area contributed by atoms with Crippen LogP contribution in [0.4, 0.5) is 0 Å². The van der Waals surface area contributed by atoms with Crippen molar-refractivity contribution in [3.63, 3.8) is 0 Å². The van der Waals surface area contributed by atoms with Gasteiger partial charge >= 0.3 is 0 Å². The van der Waals surface area contributed by atoms with Gasteiger partial charge in [-0.05, 0) is 37.1 Å². The van der Waals surface area contributed by atoms with Gasteiger partial charge in [0.25, 0.3) is 5.91 Å². The number of hydrogen-bond acceptors (Lipinski definition) is 3. The van der Waals surface area contributed by atoms with Crippen LogP contribution in [0.5, 0.6) is 5.75 Å². The van der Waals surface area contributed by atoms with Crippen molar-refractivity contribution in [1.82, 2.24) is 10.2 Å². The maximum Gasteiger partial charge on any atom is 0.254 e. The number of hydrogen-bond donors (Lipinski definition) is 1. The molecule has 1 N–H and O–H groups in total. The predicted molar refractivity (Wildman–Crippen MR) is 87.4 cm³/mol. The van der Waals surface area contributed by atoms with Crippen LogP contribution in [0.1, 0.15) is 30.6 Å². The highest BCUT2D eigenvalue weighted by atomic mass is 35.5. The molecule has 1 aliphatic rings. The number of carbonyl (C=O) groups excluding carboxylic acids is 1. The van der Waals surface area contributed by atoms with Gasteiger partial charge < -0.3 is 15.0 Å². The third kappa shape index (κ3) is 4.90. The first-order valence-electron chi connectivity index (χ1n) is 7.28. The molecular formula is C16H25ClN2O2. The van der Waals surface area contributed by atoms with Crippen LogP contribution in [-0.4, -0.2) is 43.6 Å². The van der Waals surface area contributed by atoms with Crippen LogP contribution >= 0.6 is 12.4 Å². The molecule has 1 saturated heterocycles. The fourth-order valence-electron chi connectivity index (χ4n) is 2.32. The molecule has 2 rings (SSSR count). The summed E-state index contributed by atoms with van der Waals surface area (Å²) in [5.74, 6) is 1.30. The van der Waals surface area contributed by atoms with E-state index in [0.29, 0.717) is 24.1 Å². The lowest BCUT2D eigenvalue weighted by Gasteiger charge is -2.24. The van der Waals surface area contributed by atoms with Gasteiger partial charge in [0.2, 0.25) is 0 Å². The average Bonchev–Trinajstić information content (AvgIpc) is 2.98. The first-order valence-corrected chi connectivity index (χ1v) is 7.28. The summed E-state index contributed by atoms with van der Waals surface area (Å²) in [5.41, 5.74) is 0.695. The van der Waals surface area contributed by atoms with E-state index in [1.807, 2.05) is 36.2 Å². The second kappa shape index (κ2) is 8.25. The Bertz CT molecular complexity index is 459. The Morgan fingerprint density at radius 1 is 1.48 bits per heavy atom.